The summed E-state index contributed by atoms with van der Waals surface area (Å²) in [5, 5.41) is 5.65. The summed E-state index contributed by atoms with van der Waals surface area (Å²) in [5.74, 6) is 0. The maximum absolute atomic E-state index is 3.48. The Morgan fingerprint density at radius 1 is 1.33 bits per heavy atom. The lowest BCUT2D eigenvalue weighted by Crippen LogP contribution is -2.32. The molecule has 104 valence electrons. The van der Waals surface area contributed by atoms with E-state index in [0.717, 1.165) is 26.2 Å². The summed E-state index contributed by atoms with van der Waals surface area (Å²) in [5.41, 5.74) is 0. The summed E-state index contributed by atoms with van der Waals surface area (Å²) in [6.45, 7) is 11.4. The molecule has 0 radical (unpaired) electrons. The minimum absolute atomic E-state index is 0.681. The zero-order valence-corrected chi connectivity index (χ0v) is 12.9. The molecule has 0 aromatic carbocycles. The van der Waals surface area contributed by atoms with E-state index >= 15 is 0 Å². The van der Waals surface area contributed by atoms with Gasteiger partial charge in [-0.3, -0.25) is 4.90 Å². The van der Waals surface area contributed by atoms with E-state index in [1.54, 1.807) is 0 Å². The van der Waals surface area contributed by atoms with Gasteiger partial charge in [0, 0.05) is 17.5 Å². The van der Waals surface area contributed by atoms with Crippen molar-refractivity contribution >= 4 is 11.3 Å². The van der Waals surface area contributed by atoms with E-state index in [9.17, 15) is 0 Å². The second-order valence-corrected chi connectivity index (χ2v) is 5.92. The first-order valence-electron chi connectivity index (χ1n) is 7.25. The molecule has 0 amide bonds. The summed E-state index contributed by atoms with van der Waals surface area (Å²) >= 11 is 1.86. The first kappa shape index (κ1) is 15.7. The molecule has 3 heteroatoms. The van der Waals surface area contributed by atoms with Gasteiger partial charge in [-0.1, -0.05) is 19.9 Å². The highest BCUT2D eigenvalue weighted by atomic mass is 32.1. The Morgan fingerprint density at radius 3 is 2.78 bits per heavy atom. The van der Waals surface area contributed by atoms with Crippen LogP contribution >= 0.6 is 11.3 Å². The molecule has 1 heterocycles. The minimum Gasteiger partial charge on any atom is -0.317 e. The maximum atomic E-state index is 3.48. The Bertz CT molecular complexity index is 285. The van der Waals surface area contributed by atoms with Gasteiger partial charge in [-0.2, -0.15) is 0 Å². The second-order valence-electron chi connectivity index (χ2n) is 4.88. The van der Waals surface area contributed by atoms with Crippen LogP contribution in [0.3, 0.4) is 0 Å². The van der Waals surface area contributed by atoms with Gasteiger partial charge < -0.3 is 5.32 Å². The van der Waals surface area contributed by atoms with E-state index in [4.69, 9.17) is 0 Å². The summed E-state index contributed by atoms with van der Waals surface area (Å²) in [4.78, 5) is 4.05. The van der Waals surface area contributed by atoms with E-state index in [1.165, 1.54) is 24.1 Å². The Hall–Kier alpha value is -0.380. The molecule has 2 nitrogen and oxygen atoms in total. The van der Waals surface area contributed by atoms with Gasteiger partial charge >= 0.3 is 0 Å². The SMILES string of the molecule is CCCNCCCC(C)N(CC)Cc1cccs1. The first-order valence-corrected chi connectivity index (χ1v) is 8.13. The van der Waals surface area contributed by atoms with Crippen molar-refractivity contribution in [2.24, 2.45) is 0 Å². The summed E-state index contributed by atoms with van der Waals surface area (Å²) in [7, 11) is 0. The maximum Gasteiger partial charge on any atom is 0.0330 e. The van der Waals surface area contributed by atoms with Gasteiger partial charge in [0.25, 0.3) is 0 Å². The third kappa shape index (κ3) is 5.98. The van der Waals surface area contributed by atoms with Crippen LogP contribution in [0.25, 0.3) is 0 Å². The van der Waals surface area contributed by atoms with Crippen LogP contribution in [0.15, 0.2) is 17.5 Å². The molecule has 0 aliphatic rings. The number of nitrogens with zero attached hydrogens (tertiary/aromatic N) is 1. The molecule has 18 heavy (non-hydrogen) atoms. The highest BCUT2D eigenvalue weighted by Crippen LogP contribution is 2.15. The monoisotopic (exact) mass is 268 g/mol. The molecule has 0 spiro atoms. The fourth-order valence-corrected chi connectivity index (χ4v) is 2.92. The number of nitrogens with one attached hydrogen (secondary N) is 1. The van der Waals surface area contributed by atoms with Crippen molar-refractivity contribution < 1.29 is 0 Å². The normalized spacial score (nSPS) is 13.1. The third-order valence-electron chi connectivity index (χ3n) is 3.37. The van der Waals surface area contributed by atoms with Crippen LogP contribution in [-0.2, 0) is 6.54 Å². The smallest absolute Gasteiger partial charge is 0.0330 e. The molecule has 0 saturated heterocycles. The number of hydrogen-bond donors (Lipinski definition) is 1. The van der Waals surface area contributed by atoms with Gasteiger partial charge in [0.2, 0.25) is 0 Å². The summed E-state index contributed by atoms with van der Waals surface area (Å²) in [6, 6.07) is 5.07. The average molecular weight is 268 g/mol. The molecule has 0 saturated carbocycles. The zero-order valence-electron chi connectivity index (χ0n) is 12.1. The predicted octanol–water partition coefficient (Wildman–Crippen LogP) is 3.74. The fourth-order valence-electron chi connectivity index (χ4n) is 2.19. The largest absolute Gasteiger partial charge is 0.317 e. The van der Waals surface area contributed by atoms with Crippen LogP contribution in [0.2, 0.25) is 0 Å². The molecular weight excluding hydrogens is 240 g/mol. The van der Waals surface area contributed by atoms with Crippen LogP contribution in [0.5, 0.6) is 0 Å². The lowest BCUT2D eigenvalue weighted by atomic mass is 10.1. The van der Waals surface area contributed by atoms with Crippen molar-refractivity contribution in [1.82, 2.24) is 10.2 Å². The first-order chi connectivity index (χ1) is 8.77. The van der Waals surface area contributed by atoms with E-state index in [1.807, 2.05) is 11.3 Å². The molecule has 0 fully saturated rings. The zero-order chi connectivity index (χ0) is 13.2. The fraction of sp³-hybridized carbons (Fsp3) is 0.733. The van der Waals surface area contributed by atoms with Crippen LogP contribution in [0.1, 0.15) is 44.9 Å². The van der Waals surface area contributed by atoms with Gasteiger partial charge in [-0.25, -0.2) is 0 Å². The third-order valence-corrected chi connectivity index (χ3v) is 4.23. The lowest BCUT2D eigenvalue weighted by Gasteiger charge is -2.27. The standard InChI is InChI=1S/C15H28N2S/c1-4-10-16-11-6-8-14(3)17(5-2)13-15-9-7-12-18-15/h7,9,12,14,16H,4-6,8,10-11,13H2,1-3H3. The van der Waals surface area contributed by atoms with Gasteiger partial charge in [-0.15, -0.1) is 11.3 Å². The van der Waals surface area contributed by atoms with Crippen molar-refractivity contribution in [3.63, 3.8) is 0 Å². The molecule has 1 rings (SSSR count). The van der Waals surface area contributed by atoms with Crippen molar-refractivity contribution in [2.75, 3.05) is 19.6 Å². The molecule has 0 aliphatic heterocycles. The lowest BCUT2D eigenvalue weighted by molar-refractivity contribution is 0.200. The van der Waals surface area contributed by atoms with Crippen LogP contribution in [-0.4, -0.2) is 30.6 Å². The van der Waals surface area contributed by atoms with Crippen molar-refractivity contribution in [3.05, 3.63) is 22.4 Å². The van der Waals surface area contributed by atoms with Gasteiger partial charge in [0.1, 0.15) is 0 Å². The van der Waals surface area contributed by atoms with Gasteiger partial charge in [0.05, 0.1) is 0 Å². The Labute approximate surface area is 116 Å². The highest BCUT2D eigenvalue weighted by Gasteiger charge is 2.12. The van der Waals surface area contributed by atoms with Crippen molar-refractivity contribution in [3.8, 4) is 0 Å². The van der Waals surface area contributed by atoms with Crippen molar-refractivity contribution in [2.45, 2.75) is 52.6 Å². The quantitative estimate of drug-likeness (QED) is 0.650. The number of rotatable bonds is 10. The summed E-state index contributed by atoms with van der Waals surface area (Å²) < 4.78 is 0. The molecule has 1 unspecified atom stereocenters. The molecule has 1 N–H and O–H groups in total. The number of thiophene rings is 1. The van der Waals surface area contributed by atoms with E-state index in [2.05, 4.69) is 48.5 Å². The molecule has 0 aliphatic carbocycles. The van der Waals surface area contributed by atoms with Crippen LogP contribution in [0.4, 0.5) is 0 Å². The van der Waals surface area contributed by atoms with Crippen molar-refractivity contribution in [1.29, 1.82) is 0 Å². The topological polar surface area (TPSA) is 15.3 Å². The summed E-state index contributed by atoms with van der Waals surface area (Å²) in [6.07, 6.45) is 3.80. The minimum atomic E-state index is 0.681. The van der Waals surface area contributed by atoms with Gasteiger partial charge in [0.15, 0.2) is 0 Å². The molecule has 0 bridgehead atoms. The molecule has 1 aromatic heterocycles. The molecule has 1 atom stereocenters. The predicted molar refractivity (Wildman–Crippen MR) is 82.3 cm³/mol. The Balaban J connectivity index is 2.22. The average Bonchev–Trinajstić information content (AvgIpc) is 2.88. The Kier molecular flexibility index (Phi) is 8.31. The number of hydrogen-bond acceptors (Lipinski definition) is 3. The molecule has 1 aromatic rings. The van der Waals surface area contributed by atoms with E-state index in [-0.39, 0.29) is 0 Å². The highest BCUT2D eigenvalue weighted by molar-refractivity contribution is 7.09. The van der Waals surface area contributed by atoms with E-state index < -0.39 is 0 Å². The Morgan fingerprint density at radius 2 is 2.17 bits per heavy atom. The van der Waals surface area contributed by atoms with E-state index in [0.29, 0.717) is 6.04 Å². The second kappa shape index (κ2) is 9.54. The molecular formula is C15H28N2S. The van der Waals surface area contributed by atoms with Gasteiger partial charge in [-0.05, 0) is 57.3 Å². The van der Waals surface area contributed by atoms with Crippen LogP contribution in [0, 0.1) is 0 Å². The van der Waals surface area contributed by atoms with Crippen LogP contribution < -0.4 is 5.32 Å².